The number of aromatic nitrogens is 1. The first-order chi connectivity index (χ1) is 9.74. The van der Waals surface area contributed by atoms with Crippen LogP contribution in [0.3, 0.4) is 0 Å². The van der Waals surface area contributed by atoms with E-state index in [1.807, 2.05) is 30.3 Å². The van der Waals surface area contributed by atoms with E-state index in [1.165, 1.54) is 12.1 Å². The summed E-state index contributed by atoms with van der Waals surface area (Å²) in [5, 5.41) is 4.26. The molecule has 2 aromatic carbocycles. The van der Waals surface area contributed by atoms with Gasteiger partial charge in [0.1, 0.15) is 5.82 Å². The van der Waals surface area contributed by atoms with Gasteiger partial charge in [0.2, 0.25) is 0 Å². The molecule has 0 aliphatic heterocycles. The van der Waals surface area contributed by atoms with Crippen molar-refractivity contribution in [3.05, 3.63) is 66.1 Å². The highest BCUT2D eigenvalue weighted by Gasteiger charge is 2.04. The topological polar surface area (TPSA) is 50.9 Å². The number of fused-ring (bicyclic) bond motifs is 1. The third-order valence-corrected chi connectivity index (χ3v) is 3.17. The Labute approximate surface area is 116 Å². The summed E-state index contributed by atoms with van der Waals surface area (Å²) in [5.74, 6) is -0.229. The van der Waals surface area contributed by atoms with Crippen LogP contribution in [0.4, 0.5) is 15.8 Å². The van der Waals surface area contributed by atoms with Gasteiger partial charge in [0, 0.05) is 23.8 Å². The van der Waals surface area contributed by atoms with Crippen LogP contribution in [0.25, 0.3) is 10.9 Å². The molecule has 3 nitrogen and oxygen atoms in total. The fourth-order valence-corrected chi connectivity index (χ4v) is 2.20. The van der Waals surface area contributed by atoms with Gasteiger partial charge in [-0.3, -0.25) is 4.98 Å². The molecule has 1 heterocycles. The number of benzene rings is 2. The Morgan fingerprint density at radius 2 is 1.95 bits per heavy atom. The van der Waals surface area contributed by atoms with Crippen LogP contribution in [0.1, 0.15) is 5.56 Å². The number of hydrogen-bond acceptors (Lipinski definition) is 3. The van der Waals surface area contributed by atoms with E-state index >= 15 is 0 Å². The minimum Gasteiger partial charge on any atom is -0.397 e. The number of nitrogen functional groups attached to an aromatic ring is 1. The molecule has 0 unspecified atom stereocenters. The molecule has 0 saturated carbocycles. The Hall–Kier alpha value is -2.62. The van der Waals surface area contributed by atoms with Crippen molar-refractivity contribution < 1.29 is 4.39 Å². The normalized spacial score (nSPS) is 10.7. The van der Waals surface area contributed by atoms with Crippen LogP contribution in [0, 0.1) is 5.82 Å². The predicted octanol–water partition coefficient (Wildman–Crippen LogP) is 3.57. The van der Waals surface area contributed by atoms with E-state index in [-0.39, 0.29) is 5.82 Å². The zero-order chi connectivity index (χ0) is 13.9. The molecule has 0 radical (unpaired) electrons. The van der Waals surface area contributed by atoms with Gasteiger partial charge in [-0.1, -0.05) is 24.3 Å². The molecule has 0 bridgehead atoms. The number of nitrogens with one attached hydrogen (secondary N) is 1. The number of hydrogen-bond donors (Lipinski definition) is 2. The quantitative estimate of drug-likeness (QED) is 0.713. The number of halogens is 1. The number of anilines is 2. The maximum atomic E-state index is 13.1. The average Bonchev–Trinajstić information content (AvgIpc) is 2.46. The molecular weight excluding hydrogens is 253 g/mol. The van der Waals surface area contributed by atoms with E-state index in [4.69, 9.17) is 5.73 Å². The summed E-state index contributed by atoms with van der Waals surface area (Å²) >= 11 is 0. The Bertz CT molecular complexity index is 756. The molecule has 1 aromatic heterocycles. The second-order valence-corrected chi connectivity index (χ2v) is 4.59. The van der Waals surface area contributed by atoms with Gasteiger partial charge in [0.05, 0.1) is 11.2 Å². The Morgan fingerprint density at radius 1 is 1.10 bits per heavy atom. The highest BCUT2D eigenvalue weighted by Crippen LogP contribution is 2.25. The fraction of sp³-hybridized carbons (Fsp3) is 0.0625. The van der Waals surface area contributed by atoms with Crippen molar-refractivity contribution in [2.75, 3.05) is 11.1 Å². The molecule has 3 N–H and O–H groups in total. The highest BCUT2D eigenvalue weighted by molar-refractivity contribution is 5.97. The Balaban J connectivity index is 1.90. The van der Waals surface area contributed by atoms with Gasteiger partial charge in [-0.25, -0.2) is 4.39 Å². The Kier molecular flexibility index (Phi) is 3.21. The number of nitrogens with zero attached hydrogens (tertiary/aromatic N) is 1. The molecule has 0 atom stereocenters. The molecule has 100 valence electrons. The summed E-state index contributed by atoms with van der Waals surface area (Å²) in [7, 11) is 0. The monoisotopic (exact) mass is 267 g/mol. The lowest BCUT2D eigenvalue weighted by Gasteiger charge is -2.10. The molecule has 3 aromatic rings. The number of rotatable bonds is 3. The van der Waals surface area contributed by atoms with E-state index in [0.29, 0.717) is 12.2 Å². The minimum atomic E-state index is -0.229. The number of para-hydroxylation sites is 1. The summed E-state index contributed by atoms with van der Waals surface area (Å²) in [6, 6.07) is 14.1. The van der Waals surface area contributed by atoms with Crippen molar-refractivity contribution >= 4 is 22.3 Å². The second kappa shape index (κ2) is 5.17. The molecule has 0 spiro atoms. The predicted molar refractivity (Wildman–Crippen MR) is 79.9 cm³/mol. The molecule has 0 saturated heterocycles. The largest absolute Gasteiger partial charge is 0.397 e. The van der Waals surface area contributed by atoms with E-state index in [2.05, 4.69) is 10.3 Å². The van der Waals surface area contributed by atoms with Gasteiger partial charge in [-0.15, -0.1) is 0 Å². The minimum absolute atomic E-state index is 0.229. The molecule has 0 aliphatic carbocycles. The van der Waals surface area contributed by atoms with Gasteiger partial charge in [-0.2, -0.15) is 0 Å². The summed E-state index contributed by atoms with van der Waals surface area (Å²) < 4.78 is 13.1. The smallest absolute Gasteiger partial charge is 0.123 e. The van der Waals surface area contributed by atoms with E-state index in [0.717, 1.165) is 22.2 Å². The lowest BCUT2D eigenvalue weighted by Crippen LogP contribution is -2.01. The molecule has 0 fully saturated rings. The van der Waals surface area contributed by atoms with Crippen molar-refractivity contribution in [2.24, 2.45) is 0 Å². The number of pyridine rings is 1. The van der Waals surface area contributed by atoms with Gasteiger partial charge in [0.25, 0.3) is 0 Å². The van der Waals surface area contributed by atoms with Gasteiger partial charge < -0.3 is 11.1 Å². The average molecular weight is 267 g/mol. The van der Waals surface area contributed by atoms with Crippen molar-refractivity contribution in [3.63, 3.8) is 0 Å². The molecule has 0 amide bonds. The molecular formula is C16H14FN3. The summed E-state index contributed by atoms with van der Waals surface area (Å²) in [4.78, 5) is 4.29. The zero-order valence-electron chi connectivity index (χ0n) is 10.8. The second-order valence-electron chi connectivity index (χ2n) is 4.59. The maximum Gasteiger partial charge on any atom is 0.123 e. The molecule has 0 aliphatic rings. The first kappa shape index (κ1) is 12.4. The van der Waals surface area contributed by atoms with Crippen LogP contribution in [0.15, 0.2) is 54.7 Å². The fourth-order valence-electron chi connectivity index (χ4n) is 2.20. The lowest BCUT2D eigenvalue weighted by molar-refractivity contribution is 0.626. The Morgan fingerprint density at radius 3 is 2.80 bits per heavy atom. The van der Waals surface area contributed by atoms with Crippen LogP contribution in [0.2, 0.25) is 0 Å². The van der Waals surface area contributed by atoms with E-state index in [1.54, 1.807) is 12.3 Å². The third kappa shape index (κ3) is 2.40. The third-order valence-electron chi connectivity index (χ3n) is 3.17. The van der Waals surface area contributed by atoms with Crippen LogP contribution >= 0.6 is 0 Å². The van der Waals surface area contributed by atoms with Crippen molar-refractivity contribution in [2.45, 2.75) is 6.54 Å². The van der Waals surface area contributed by atoms with Crippen LogP contribution in [-0.4, -0.2) is 4.98 Å². The maximum absolute atomic E-state index is 13.1. The highest BCUT2D eigenvalue weighted by atomic mass is 19.1. The van der Waals surface area contributed by atoms with Crippen LogP contribution in [0.5, 0.6) is 0 Å². The first-order valence-electron chi connectivity index (χ1n) is 6.35. The lowest BCUT2D eigenvalue weighted by atomic mass is 10.1. The van der Waals surface area contributed by atoms with Crippen LogP contribution < -0.4 is 11.1 Å². The first-order valence-corrected chi connectivity index (χ1v) is 6.35. The van der Waals surface area contributed by atoms with Gasteiger partial charge in [-0.05, 0) is 29.8 Å². The van der Waals surface area contributed by atoms with Crippen molar-refractivity contribution in [3.8, 4) is 0 Å². The summed E-state index contributed by atoms with van der Waals surface area (Å²) in [5.41, 5.74) is 9.16. The SMILES string of the molecule is Nc1cccc2c(NCc3cccc(F)c3)ccnc12. The molecule has 20 heavy (non-hydrogen) atoms. The summed E-state index contributed by atoms with van der Waals surface area (Å²) in [6.07, 6.45) is 1.71. The van der Waals surface area contributed by atoms with Crippen molar-refractivity contribution in [1.29, 1.82) is 0 Å². The zero-order valence-corrected chi connectivity index (χ0v) is 10.8. The van der Waals surface area contributed by atoms with E-state index in [9.17, 15) is 4.39 Å². The number of nitrogens with two attached hydrogens (primary N) is 1. The van der Waals surface area contributed by atoms with Crippen LogP contribution in [-0.2, 0) is 6.54 Å². The van der Waals surface area contributed by atoms with Gasteiger partial charge >= 0.3 is 0 Å². The van der Waals surface area contributed by atoms with Crippen molar-refractivity contribution in [1.82, 2.24) is 4.98 Å². The van der Waals surface area contributed by atoms with Gasteiger partial charge in [0.15, 0.2) is 0 Å². The molecule has 3 rings (SSSR count). The summed E-state index contributed by atoms with van der Waals surface area (Å²) in [6.45, 7) is 0.547. The molecule has 4 heteroatoms. The van der Waals surface area contributed by atoms with E-state index < -0.39 is 0 Å². The standard InChI is InChI=1S/C16H14FN3/c17-12-4-1-3-11(9-12)10-20-15-7-8-19-16-13(15)5-2-6-14(16)18/h1-9H,10,18H2,(H,19,20).